The van der Waals surface area contributed by atoms with Gasteiger partial charge in [0.05, 0.1) is 5.69 Å². The molecule has 1 aromatic heterocycles. The Morgan fingerprint density at radius 1 is 1.21 bits per heavy atom. The molecule has 0 fully saturated rings. The van der Waals surface area contributed by atoms with Gasteiger partial charge in [-0.25, -0.2) is 4.79 Å². The molecule has 2 rings (SSSR count). The van der Waals surface area contributed by atoms with Crippen LogP contribution < -0.4 is 10.6 Å². The van der Waals surface area contributed by atoms with Crippen molar-refractivity contribution >= 4 is 5.69 Å². The van der Waals surface area contributed by atoms with Crippen LogP contribution in [0.1, 0.15) is 12.6 Å². The molecule has 0 atom stereocenters. The van der Waals surface area contributed by atoms with Gasteiger partial charge in [0.15, 0.2) is 0 Å². The molecule has 0 radical (unpaired) electrons. The summed E-state index contributed by atoms with van der Waals surface area (Å²) in [7, 11) is 4.00. The monoisotopic (exact) mass is 257 g/mol. The van der Waals surface area contributed by atoms with E-state index in [2.05, 4.69) is 4.98 Å². The van der Waals surface area contributed by atoms with E-state index in [-0.39, 0.29) is 5.69 Å². The van der Waals surface area contributed by atoms with Gasteiger partial charge in [0.2, 0.25) is 0 Å². The third kappa shape index (κ3) is 2.67. The fraction of sp³-hybridized carbons (Fsp3) is 0.333. The van der Waals surface area contributed by atoms with E-state index >= 15 is 0 Å². The van der Waals surface area contributed by atoms with Crippen LogP contribution in [0.4, 0.5) is 5.69 Å². The summed E-state index contributed by atoms with van der Waals surface area (Å²) >= 11 is 0. The van der Waals surface area contributed by atoms with Gasteiger partial charge in [-0.3, -0.25) is 4.57 Å². The minimum Gasteiger partial charge on any atom is -0.378 e. The van der Waals surface area contributed by atoms with Crippen LogP contribution in [0.5, 0.6) is 0 Å². The van der Waals surface area contributed by atoms with Crippen LogP contribution in [0.25, 0.3) is 11.3 Å². The molecule has 1 heterocycles. The highest BCUT2D eigenvalue weighted by Crippen LogP contribution is 2.20. The molecule has 0 unspecified atom stereocenters. The molecule has 2 aromatic rings. The van der Waals surface area contributed by atoms with Crippen LogP contribution >= 0.6 is 0 Å². The number of hydrogen-bond donors (Lipinski definition) is 0. The Bertz CT molecular complexity index is 627. The van der Waals surface area contributed by atoms with E-state index in [4.69, 9.17) is 0 Å². The minimum atomic E-state index is -0.186. The highest BCUT2D eigenvalue weighted by Gasteiger charge is 2.06. The van der Waals surface area contributed by atoms with Crippen LogP contribution in [0.3, 0.4) is 0 Å². The topological polar surface area (TPSA) is 38.1 Å². The molecule has 1 aromatic carbocycles. The van der Waals surface area contributed by atoms with Crippen molar-refractivity contribution in [2.75, 3.05) is 19.0 Å². The van der Waals surface area contributed by atoms with Gasteiger partial charge < -0.3 is 4.90 Å². The second-order valence-electron chi connectivity index (χ2n) is 4.75. The summed E-state index contributed by atoms with van der Waals surface area (Å²) in [6, 6.07) is 9.99. The molecule has 19 heavy (non-hydrogen) atoms. The van der Waals surface area contributed by atoms with Crippen molar-refractivity contribution in [1.82, 2.24) is 9.55 Å². The number of hydrogen-bond acceptors (Lipinski definition) is 3. The third-order valence-corrected chi connectivity index (χ3v) is 3.21. The second-order valence-corrected chi connectivity index (χ2v) is 4.75. The number of benzene rings is 1. The fourth-order valence-electron chi connectivity index (χ4n) is 2.09. The Balaban J connectivity index is 2.45. The first-order chi connectivity index (χ1) is 9.02. The maximum atomic E-state index is 11.9. The summed E-state index contributed by atoms with van der Waals surface area (Å²) in [4.78, 5) is 18.1. The molecule has 0 N–H and O–H groups in total. The first-order valence-electron chi connectivity index (χ1n) is 6.39. The maximum Gasteiger partial charge on any atom is 0.348 e. The lowest BCUT2D eigenvalue weighted by atomic mass is 10.1. The van der Waals surface area contributed by atoms with E-state index in [1.165, 1.54) is 0 Å². The van der Waals surface area contributed by atoms with Crippen LogP contribution in [-0.2, 0) is 6.54 Å². The highest BCUT2D eigenvalue weighted by atomic mass is 16.1. The molecule has 0 amide bonds. The summed E-state index contributed by atoms with van der Waals surface area (Å²) in [6.07, 6.45) is 0. The van der Waals surface area contributed by atoms with Crippen molar-refractivity contribution in [3.63, 3.8) is 0 Å². The highest BCUT2D eigenvalue weighted by molar-refractivity contribution is 5.63. The smallest absolute Gasteiger partial charge is 0.348 e. The average molecular weight is 257 g/mol. The molecule has 0 saturated heterocycles. The Hall–Kier alpha value is -2.10. The van der Waals surface area contributed by atoms with Crippen molar-refractivity contribution in [1.29, 1.82) is 0 Å². The van der Waals surface area contributed by atoms with E-state index in [0.29, 0.717) is 6.54 Å². The lowest BCUT2D eigenvalue weighted by Crippen LogP contribution is -2.24. The molecule has 0 aliphatic heterocycles. The van der Waals surface area contributed by atoms with E-state index in [1.54, 1.807) is 4.57 Å². The van der Waals surface area contributed by atoms with Gasteiger partial charge in [0.25, 0.3) is 0 Å². The first-order valence-corrected chi connectivity index (χ1v) is 6.39. The van der Waals surface area contributed by atoms with Crippen molar-refractivity contribution in [3.8, 4) is 11.3 Å². The normalized spacial score (nSPS) is 10.5. The van der Waals surface area contributed by atoms with Crippen LogP contribution in [0.2, 0.25) is 0 Å². The molecule has 4 nitrogen and oxygen atoms in total. The first kappa shape index (κ1) is 13.3. The van der Waals surface area contributed by atoms with Gasteiger partial charge in [-0.05, 0) is 32.0 Å². The Labute approximate surface area is 113 Å². The van der Waals surface area contributed by atoms with Crippen molar-refractivity contribution in [3.05, 3.63) is 46.5 Å². The number of nitrogens with zero attached hydrogens (tertiary/aromatic N) is 3. The maximum absolute atomic E-state index is 11.9. The standard InChI is InChI=1S/C15H19N3O/c1-5-18-11(2)10-14(16-15(18)19)12-6-8-13(9-7-12)17(3)4/h6-10H,5H2,1-4H3. The van der Waals surface area contributed by atoms with Crippen molar-refractivity contribution < 1.29 is 0 Å². The zero-order chi connectivity index (χ0) is 14.0. The van der Waals surface area contributed by atoms with Crippen LogP contribution in [-0.4, -0.2) is 23.6 Å². The lowest BCUT2D eigenvalue weighted by Gasteiger charge is -2.13. The van der Waals surface area contributed by atoms with Crippen LogP contribution in [0.15, 0.2) is 35.1 Å². The Kier molecular flexibility index (Phi) is 3.69. The van der Waals surface area contributed by atoms with E-state index in [9.17, 15) is 4.79 Å². The van der Waals surface area contributed by atoms with E-state index < -0.39 is 0 Å². The number of aromatic nitrogens is 2. The molecule has 0 saturated carbocycles. The Morgan fingerprint density at radius 2 is 1.84 bits per heavy atom. The average Bonchev–Trinajstić information content (AvgIpc) is 2.38. The summed E-state index contributed by atoms with van der Waals surface area (Å²) in [6.45, 7) is 4.53. The third-order valence-electron chi connectivity index (χ3n) is 3.21. The Morgan fingerprint density at radius 3 is 2.32 bits per heavy atom. The van der Waals surface area contributed by atoms with Crippen molar-refractivity contribution in [2.45, 2.75) is 20.4 Å². The molecule has 0 aliphatic carbocycles. The second kappa shape index (κ2) is 5.26. The molecular weight excluding hydrogens is 238 g/mol. The van der Waals surface area contributed by atoms with Crippen LogP contribution in [0, 0.1) is 6.92 Å². The number of aryl methyl sites for hydroxylation is 1. The quantitative estimate of drug-likeness (QED) is 0.847. The van der Waals surface area contributed by atoms with Gasteiger partial charge >= 0.3 is 5.69 Å². The molecule has 0 spiro atoms. The number of rotatable bonds is 3. The summed E-state index contributed by atoms with van der Waals surface area (Å²) in [5.74, 6) is 0. The van der Waals surface area contributed by atoms with Gasteiger partial charge in [0, 0.05) is 37.6 Å². The zero-order valence-electron chi connectivity index (χ0n) is 11.8. The molecule has 4 heteroatoms. The fourth-order valence-corrected chi connectivity index (χ4v) is 2.09. The minimum absolute atomic E-state index is 0.186. The number of anilines is 1. The van der Waals surface area contributed by atoms with Gasteiger partial charge in [0.1, 0.15) is 0 Å². The van der Waals surface area contributed by atoms with E-state index in [1.807, 2.05) is 63.2 Å². The molecule has 100 valence electrons. The molecular formula is C15H19N3O. The predicted octanol–water partition coefficient (Wildman–Crippen LogP) is 2.30. The molecule has 0 bridgehead atoms. The summed E-state index contributed by atoms with van der Waals surface area (Å²) in [5, 5.41) is 0. The lowest BCUT2D eigenvalue weighted by molar-refractivity contribution is 0.676. The summed E-state index contributed by atoms with van der Waals surface area (Å²) < 4.78 is 1.66. The van der Waals surface area contributed by atoms with Gasteiger partial charge in [-0.15, -0.1) is 0 Å². The molecule has 0 aliphatic rings. The predicted molar refractivity (Wildman–Crippen MR) is 78.7 cm³/mol. The van der Waals surface area contributed by atoms with Gasteiger partial charge in [-0.1, -0.05) is 12.1 Å². The van der Waals surface area contributed by atoms with Gasteiger partial charge in [-0.2, -0.15) is 4.98 Å². The summed E-state index contributed by atoms with van der Waals surface area (Å²) in [5.41, 5.74) is 3.58. The van der Waals surface area contributed by atoms with Crippen molar-refractivity contribution in [2.24, 2.45) is 0 Å². The largest absolute Gasteiger partial charge is 0.378 e. The van der Waals surface area contributed by atoms with E-state index in [0.717, 1.165) is 22.6 Å². The zero-order valence-corrected chi connectivity index (χ0v) is 11.8. The SMILES string of the molecule is CCn1c(C)cc(-c2ccc(N(C)C)cc2)nc1=O.